The summed E-state index contributed by atoms with van der Waals surface area (Å²) in [7, 11) is 3.05. The standard InChI is InChI=1S/C12H11BrF2N2O.2BrH.Cu/c1-6-10(12(13)17(2)16-6)11-8(14)4-7(18-3)5-9(11)15;;;/h4-5H,1-3H3;2*1H;/q;;;+2/p-2. The van der Waals surface area contributed by atoms with Crippen LogP contribution in [0.4, 0.5) is 8.78 Å². The van der Waals surface area contributed by atoms with Crippen molar-refractivity contribution in [3.63, 3.8) is 0 Å². The number of hydrogen-bond acceptors (Lipinski definition) is 2. The Morgan fingerprint density at radius 2 is 1.67 bits per heavy atom. The molecule has 121 valence electrons. The second-order valence-corrected chi connectivity index (χ2v) is 9.39. The summed E-state index contributed by atoms with van der Waals surface area (Å²) in [5.74, 6) is -1.21. The van der Waals surface area contributed by atoms with E-state index < -0.39 is 11.6 Å². The van der Waals surface area contributed by atoms with E-state index in [4.69, 9.17) is 4.74 Å². The number of methoxy groups -OCH3 is 1. The quantitative estimate of drug-likeness (QED) is 0.494. The number of rotatable bonds is 2. The zero-order chi connectivity index (χ0) is 16.2. The van der Waals surface area contributed by atoms with Crippen LogP contribution in [-0.4, -0.2) is 16.9 Å². The van der Waals surface area contributed by atoms with Gasteiger partial charge in [-0.25, -0.2) is 8.78 Å². The third-order valence-electron chi connectivity index (χ3n) is 2.65. The van der Waals surface area contributed by atoms with Gasteiger partial charge in [0, 0.05) is 24.7 Å². The van der Waals surface area contributed by atoms with Crippen molar-refractivity contribution in [1.29, 1.82) is 0 Å². The van der Waals surface area contributed by atoms with E-state index in [1.807, 2.05) is 0 Å². The molecular weight excluding hydrogens is 529 g/mol. The maximum absolute atomic E-state index is 14.0. The molecule has 0 atom stereocenters. The summed E-state index contributed by atoms with van der Waals surface area (Å²) in [4.78, 5) is 0. The zero-order valence-electron chi connectivity index (χ0n) is 11.1. The van der Waals surface area contributed by atoms with Crippen LogP contribution in [0.5, 0.6) is 5.75 Å². The molecule has 9 heteroatoms. The van der Waals surface area contributed by atoms with E-state index in [9.17, 15) is 8.78 Å². The summed E-state index contributed by atoms with van der Waals surface area (Å²) in [6, 6.07) is 2.30. The van der Waals surface area contributed by atoms with E-state index >= 15 is 0 Å². The Labute approximate surface area is 150 Å². The first kappa shape index (κ1) is 19.1. The van der Waals surface area contributed by atoms with Crippen LogP contribution >= 0.6 is 44.2 Å². The SMILES string of the molecule is COc1cc(F)c(-c2c(C)nn(C)c2Br)c(F)c1.[Br][Cu][Br]. The molecule has 21 heavy (non-hydrogen) atoms. The first-order valence-electron chi connectivity index (χ1n) is 5.41. The molecule has 0 fully saturated rings. The minimum atomic E-state index is -0.677. The molecule has 0 aliphatic rings. The molecule has 1 aromatic carbocycles. The summed E-state index contributed by atoms with van der Waals surface area (Å²) in [5, 5.41) is 4.12. The zero-order valence-corrected chi connectivity index (χ0v) is 16.8. The van der Waals surface area contributed by atoms with Gasteiger partial charge in [-0.1, -0.05) is 0 Å². The fourth-order valence-electron chi connectivity index (χ4n) is 1.82. The molecule has 1 aromatic heterocycles. The van der Waals surface area contributed by atoms with Gasteiger partial charge in [0.05, 0.1) is 18.4 Å². The van der Waals surface area contributed by atoms with Crippen LogP contribution < -0.4 is 4.74 Å². The van der Waals surface area contributed by atoms with Crippen LogP contribution in [0.25, 0.3) is 11.1 Å². The summed E-state index contributed by atoms with van der Waals surface area (Å²) in [6.45, 7) is 1.70. The van der Waals surface area contributed by atoms with Gasteiger partial charge in [0.25, 0.3) is 0 Å². The molecule has 0 spiro atoms. The van der Waals surface area contributed by atoms with Crippen molar-refractivity contribution in [3.8, 4) is 16.9 Å². The molecule has 0 saturated heterocycles. The summed E-state index contributed by atoms with van der Waals surface area (Å²) >= 11 is 10.7. The molecule has 2 aromatic rings. The molecule has 0 N–H and O–H groups in total. The Hall–Kier alpha value is 0.0495. The Balaban J connectivity index is 0.000000677. The van der Waals surface area contributed by atoms with Gasteiger partial charge < -0.3 is 4.74 Å². The molecule has 2 rings (SSSR count). The van der Waals surface area contributed by atoms with Gasteiger partial charge >= 0.3 is 39.6 Å². The van der Waals surface area contributed by atoms with Crippen molar-refractivity contribution in [3.05, 3.63) is 34.1 Å². The van der Waals surface area contributed by atoms with Crippen molar-refractivity contribution in [2.75, 3.05) is 7.11 Å². The fraction of sp³-hybridized carbons (Fsp3) is 0.250. The van der Waals surface area contributed by atoms with E-state index in [2.05, 4.69) is 49.2 Å². The average molecular weight is 540 g/mol. The van der Waals surface area contributed by atoms with Crippen molar-refractivity contribution >= 4 is 44.2 Å². The van der Waals surface area contributed by atoms with E-state index in [1.165, 1.54) is 23.1 Å². The monoisotopic (exact) mass is 537 g/mol. The van der Waals surface area contributed by atoms with Gasteiger partial charge in [-0.2, -0.15) is 5.10 Å². The second kappa shape index (κ2) is 8.62. The minimum absolute atomic E-state index is 0.103. The van der Waals surface area contributed by atoms with Gasteiger partial charge in [0.15, 0.2) is 0 Å². The van der Waals surface area contributed by atoms with Crippen LogP contribution in [0.2, 0.25) is 0 Å². The number of halogens is 5. The van der Waals surface area contributed by atoms with E-state index in [0.717, 1.165) is 12.1 Å². The van der Waals surface area contributed by atoms with E-state index in [1.54, 1.807) is 14.0 Å². The molecule has 0 aliphatic heterocycles. The second-order valence-electron chi connectivity index (χ2n) is 3.88. The van der Waals surface area contributed by atoms with E-state index in [0.29, 0.717) is 15.9 Å². The predicted octanol–water partition coefficient (Wildman–Crippen LogP) is 5.13. The van der Waals surface area contributed by atoms with Crippen molar-refractivity contribution in [2.45, 2.75) is 6.92 Å². The van der Waals surface area contributed by atoms with Gasteiger partial charge in [-0.3, -0.25) is 4.68 Å². The number of benzene rings is 1. The normalized spacial score (nSPS) is 10.3. The molecule has 0 bridgehead atoms. The molecule has 0 saturated carbocycles. The Kier molecular flexibility index (Phi) is 7.84. The van der Waals surface area contributed by atoms with Crippen LogP contribution in [0, 0.1) is 18.6 Å². The molecular formula is C12H11Br3CuF2N2O. The first-order valence-corrected chi connectivity index (χ1v) is 10.9. The Bertz CT molecular complexity index is 614. The third-order valence-corrected chi connectivity index (χ3v) is 3.56. The number of hydrogen-bond donors (Lipinski definition) is 0. The van der Waals surface area contributed by atoms with Crippen LogP contribution in [0.15, 0.2) is 16.7 Å². The van der Waals surface area contributed by atoms with Crippen molar-refractivity contribution in [1.82, 2.24) is 9.78 Å². The van der Waals surface area contributed by atoms with Crippen molar-refractivity contribution < 1.29 is 24.9 Å². The predicted molar refractivity (Wildman–Crippen MR) is 85.4 cm³/mol. The van der Waals surface area contributed by atoms with Gasteiger partial charge in [-0.15, -0.1) is 0 Å². The van der Waals surface area contributed by atoms with Gasteiger partial charge in [-0.05, 0) is 22.9 Å². The topological polar surface area (TPSA) is 27.1 Å². The van der Waals surface area contributed by atoms with Crippen molar-refractivity contribution in [2.24, 2.45) is 7.05 Å². The summed E-state index contributed by atoms with van der Waals surface area (Å²) in [5.41, 5.74) is 0.857. The van der Waals surface area contributed by atoms with Crippen LogP contribution in [-0.2, 0) is 18.4 Å². The number of aryl methyl sites for hydroxylation is 2. The molecule has 0 unspecified atom stereocenters. The fourth-order valence-corrected chi connectivity index (χ4v) is 2.39. The summed E-state index contributed by atoms with van der Waals surface area (Å²) < 4.78 is 34.8. The first-order chi connectivity index (χ1) is 9.87. The molecule has 1 heterocycles. The van der Waals surface area contributed by atoms with Gasteiger partial charge in [0.2, 0.25) is 0 Å². The molecule has 0 aliphatic carbocycles. The summed E-state index contributed by atoms with van der Waals surface area (Å²) in [6.07, 6.45) is 0. The third kappa shape index (κ3) is 4.51. The Morgan fingerprint density at radius 3 is 2.00 bits per heavy atom. The van der Waals surface area contributed by atoms with E-state index in [-0.39, 0.29) is 11.3 Å². The molecule has 3 nitrogen and oxygen atoms in total. The Morgan fingerprint density at radius 1 is 1.19 bits per heavy atom. The van der Waals surface area contributed by atoms with Crippen LogP contribution in [0.3, 0.4) is 0 Å². The molecule has 0 amide bonds. The average Bonchev–Trinajstić information content (AvgIpc) is 2.65. The number of aromatic nitrogens is 2. The van der Waals surface area contributed by atoms with Gasteiger partial charge in [0.1, 0.15) is 22.0 Å². The number of ether oxygens (including phenoxy) is 1. The maximum atomic E-state index is 14.0. The molecule has 0 radical (unpaired) electrons. The number of nitrogens with zero attached hydrogens (tertiary/aromatic N) is 2. The van der Waals surface area contributed by atoms with Crippen LogP contribution in [0.1, 0.15) is 5.69 Å².